The molecule has 2 rings (SSSR count). The second kappa shape index (κ2) is 8.53. The molecule has 0 aliphatic rings. The van der Waals surface area contributed by atoms with E-state index in [2.05, 4.69) is 4.90 Å². The number of nitrogens with zero attached hydrogens (tertiary/aromatic N) is 1. The number of hydrogen-bond donors (Lipinski definition) is 1. The highest BCUT2D eigenvalue weighted by atomic mass is 35.5. The van der Waals surface area contributed by atoms with Gasteiger partial charge in [-0.25, -0.2) is 0 Å². The summed E-state index contributed by atoms with van der Waals surface area (Å²) in [6, 6.07) is 14.7. The maximum Gasteiger partial charge on any atom is 0.158 e. The van der Waals surface area contributed by atoms with Gasteiger partial charge in [-0.15, -0.1) is 23.2 Å². The van der Waals surface area contributed by atoms with Crippen LogP contribution >= 0.6 is 23.2 Å². The minimum atomic E-state index is -1.21. The molecule has 0 amide bonds. The van der Waals surface area contributed by atoms with Crippen LogP contribution in [0.5, 0.6) is 0 Å². The summed E-state index contributed by atoms with van der Waals surface area (Å²) in [4.78, 5) is 3.60. The van der Waals surface area contributed by atoms with E-state index in [1.165, 1.54) is 0 Å². The third kappa shape index (κ3) is 4.46. The van der Waals surface area contributed by atoms with Crippen molar-refractivity contribution in [2.45, 2.75) is 9.79 Å². The van der Waals surface area contributed by atoms with Gasteiger partial charge in [0.1, 0.15) is 0 Å². The van der Waals surface area contributed by atoms with E-state index in [1.807, 2.05) is 24.3 Å². The molecule has 1 atom stereocenters. The van der Waals surface area contributed by atoms with Crippen LogP contribution in [0.15, 0.2) is 58.3 Å². The maximum atomic E-state index is 12.5. The summed E-state index contributed by atoms with van der Waals surface area (Å²) in [7, 11) is 0. The third-order valence-corrected chi connectivity index (χ3v) is 4.96. The quantitative estimate of drug-likeness (QED) is 0.467. The van der Waals surface area contributed by atoms with Crippen LogP contribution in [0.4, 0.5) is 11.4 Å². The smallest absolute Gasteiger partial charge is 0.158 e. The van der Waals surface area contributed by atoms with Gasteiger partial charge in [0.2, 0.25) is 0 Å². The van der Waals surface area contributed by atoms with Crippen molar-refractivity contribution in [1.29, 1.82) is 0 Å². The molecule has 0 aliphatic carbocycles. The standard InChI is InChI=1S/C16H18Cl2N2OS/c17-9-11-20(12-10-18)14-3-7-16(8-4-14)22(21)15-5-1-13(19)2-6-15/h1-8H,9-12,19H2. The van der Waals surface area contributed by atoms with E-state index < -0.39 is 11.2 Å². The molecule has 22 heavy (non-hydrogen) atoms. The van der Waals surface area contributed by atoms with Crippen LogP contribution in [0.25, 0.3) is 0 Å². The minimum absolute atomic E-state index is 0.538. The Kier molecular flexibility index (Phi) is 6.70. The molecule has 0 aromatic heterocycles. The van der Waals surface area contributed by atoms with Crippen molar-refractivity contribution in [3.05, 3.63) is 48.5 Å². The van der Waals surface area contributed by atoms with Gasteiger partial charge in [0, 0.05) is 47.4 Å². The van der Waals surface area contributed by atoms with E-state index in [9.17, 15) is 4.55 Å². The van der Waals surface area contributed by atoms with Crippen LogP contribution in [-0.4, -0.2) is 29.4 Å². The van der Waals surface area contributed by atoms with Gasteiger partial charge in [-0.1, -0.05) is 0 Å². The largest absolute Gasteiger partial charge is 0.606 e. The van der Waals surface area contributed by atoms with Crippen LogP contribution in [0, 0.1) is 0 Å². The molecule has 2 aromatic carbocycles. The lowest BCUT2D eigenvalue weighted by atomic mass is 10.3. The van der Waals surface area contributed by atoms with Crippen molar-refractivity contribution in [3.63, 3.8) is 0 Å². The molecule has 1 unspecified atom stereocenters. The molecule has 0 radical (unpaired) electrons. The Bertz CT molecular complexity index is 572. The van der Waals surface area contributed by atoms with Crippen LogP contribution in [-0.2, 0) is 11.2 Å². The topological polar surface area (TPSA) is 52.3 Å². The lowest BCUT2D eigenvalue weighted by molar-refractivity contribution is 0.595. The van der Waals surface area contributed by atoms with Crippen molar-refractivity contribution in [1.82, 2.24) is 0 Å². The highest BCUT2D eigenvalue weighted by Crippen LogP contribution is 2.24. The number of benzene rings is 2. The highest BCUT2D eigenvalue weighted by Gasteiger charge is 2.15. The average Bonchev–Trinajstić information content (AvgIpc) is 2.55. The second-order valence-corrected chi connectivity index (χ2v) is 6.93. The average molecular weight is 357 g/mol. The van der Waals surface area contributed by atoms with Crippen molar-refractivity contribution in [3.8, 4) is 0 Å². The van der Waals surface area contributed by atoms with Gasteiger partial charge in [-0.3, -0.25) is 0 Å². The molecule has 3 nitrogen and oxygen atoms in total. The van der Waals surface area contributed by atoms with Crippen molar-refractivity contribution in [2.75, 3.05) is 35.5 Å². The predicted molar refractivity (Wildman–Crippen MR) is 95.6 cm³/mol. The summed E-state index contributed by atoms with van der Waals surface area (Å²) >= 11 is 10.4. The summed E-state index contributed by atoms with van der Waals surface area (Å²) in [6.45, 7) is 1.46. The van der Waals surface area contributed by atoms with E-state index in [-0.39, 0.29) is 0 Å². The number of alkyl halides is 2. The fraction of sp³-hybridized carbons (Fsp3) is 0.250. The van der Waals surface area contributed by atoms with Gasteiger partial charge in [0.15, 0.2) is 9.79 Å². The summed E-state index contributed by atoms with van der Waals surface area (Å²) in [5.74, 6) is 1.08. The molecule has 0 fully saturated rings. The molecule has 0 aliphatic heterocycles. The van der Waals surface area contributed by atoms with E-state index >= 15 is 0 Å². The first-order valence-corrected chi connectivity index (χ1v) is 9.12. The third-order valence-electron chi connectivity index (χ3n) is 3.22. The Morgan fingerprint density at radius 3 is 1.77 bits per heavy atom. The van der Waals surface area contributed by atoms with Gasteiger partial charge in [-0.05, 0) is 48.5 Å². The summed E-state index contributed by atoms with van der Waals surface area (Å²) in [5, 5.41) is 0. The first-order valence-electron chi connectivity index (χ1n) is 6.90. The molecule has 0 spiro atoms. The Morgan fingerprint density at radius 2 is 1.32 bits per heavy atom. The predicted octanol–water partition coefficient (Wildman–Crippen LogP) is 3.72. The Morgan fingerprint density at radius 1 is 0.864 bits per heavy atom. The SMILES string of the molecule is Nc1ccc([S+]([O-])c2ccc(N(CCCl)CCCl)cc2)cc1. The molecule has 2 aromatic rings. The lowest BCUT2D eigenvalue weighted by Gasteiger charge is -2.23. The molecule has 2 N–H and O–H groups in total. The number of halogens is 2. The molecular weight excluding hydrogens is 339 g/mol. The minimum Gasteiger partial charge on any atom is -0.606 e. The first-order chi connectivity index (χ1) is 10.7. The molecule has 0 saturated carbocycles. The number of nitrogen functional groups attached to an aromatic ring is 1. The van der Waals surface area contributed by atoms with Crippen molar-refractivity contribution >= 4 is 45.8 Å². The van der Waals surface area contributed by atoms with E-state index in [1.54, 1.807) is 24.3 Å². The highest BCUT2D eigenvalue weighted by molar-refractivity contribution is 7.91. The van der Waals surface area contributed by atoms with Crippen molar-refractivity contribution < 1.29 is 4.55 Å². The lowest BCUT2D eigenvalue weighted by Crippen LogP contribution is -2.27. The number of hydrogen-bond acceptors (Lipinski definition) is 3. The van der Waals surface area contributed by atoms with Gasteiger partial charge in [0.25, 0.3) is 0 Å². The molecule has 6 heteroatoms. The summed E-state index contributed by atoms with van der Waals surface area (Å²) in [5.41, 5.74) is 7.34. The summed E-state index contributed by atoms with van der Waals surface area (Å²) in [6.07, 6.45) is 0. The van der Waals surface area contributed by atoms with Crippen LogP contribution in [0.1, 0.15) is 0 Å². The van der Waals surface area contributed by atoms with E-state index in [4.69, 9.17) is 28.9 Å². The Labute approximate surface area is 144 Å². The zero-order valence-corrected chi connectivity index (χ0v) is 14.4. The number of nitrogens with two attached hydrogens (primary N) is 1. The molecule has 0 bridgehead atoms. The molecular formula is C16H18Cl2N2OS. The fourth-order valence-electron chi connectivity index (χ4n) is 2.08. The molecule has 118 valence electrons. The van der Waals surface area contributed by atoms with Crippen LogP contribution < -0.4 is 10.6 Å². The van der Waals surface area contributed by atoms with E-state index in [0.717, 1.165) is 28.6 Å². The second-order valence-electron chi connectivity index (χ2n) is 4.70. The van der Waals surface area contributed by atoms with E-state index in [0.29, 0.717) is 17.4 Å². The van der Waals surface area contributed by atoms with Gasteiger partial charge in [0.05, 0.1) is 0 Å². The van der Waals surface area contributed by atoms with Gasteiger partial charge < -0.3 is 15.2 Å². The van der Waals surface area contributed by atoms with Crippen LogP contribution in [0.3, 0.4) is 0 Å². The Balaban J connectivity index is 2.15. The molecule has 0 saturated heterocycles. The molecule has 0 heterocycles. The zero-order chi connectivity index (χ0) is 15.9. The monoisotopic (exact) mass is 356 g/mol. The first kappa shape index (κ1) is 17.3. The fourth-order valence-corrected chi connectivity index (χ4v) is 3.53. The van der Waals surface area contributed by atoms with Gasteiger partial charge >= 0.3 is 0 Å². The Hall–Kier alpha value is -1.07. The maximum absolute atomic E-state index is 12.5. The van der Waals surface area contributed by atoms with Crippen molar-refractivity contribution in [2.24, 2.45) is 0 Å². The summed E-state index contributed by atoms with van der Waals surface area (Å²) < 4.78 is 12.5. The number of anilines is 2. The normalized spacial score (nSPS) is 12.1. The van der Waals surface area contributed by atoms with Crippen LogP contribution in [0.2, 0.25) is 0 Å². The van der Waals surface area contributed by atoms with Gasteiger partial charge in [-0.2, -0.15) is 0 Å². The zero-order valence-electron chi connectivity index (χ0n) is 12.0. The number of rotatable bonds is 7.